The summed E-state index contributed by atoms with van der Waals surface area (Å²) in [6, 6.07) is 23.2. The van der Waals surface area contributed by atoms with Gasteiger partial charge in [0.15, 0.2) is 15.9 Å². The predicted octanol–water partition coefficient (Wildman–Crippen LogP) is 8.09. The summed E-state index contributed by atoms with van der Waals surface area (Å²) in [5.74, 6) is -0.0652. The third-order valence-electron chi connectivity index (χ3n) is 6.72. The van der Waals surface area contributed by atoms with Gasteiger partial charge in [-0.1, -0.05) is 109 Å². The number of amides is 1. The average Bonchev–Trinajstić information content (AvgIpc) is 3.58. The monoisotopic (exact) mass is 631 g/mol. The molecule has 0 saturated carbocycles. The van der Waals surface area contributed by atoms with E-state index in [1.165, 1.54) is 34.1 Å². The molecule has 4 aromatic rings. The topological polar surface area (TPSA) is 92.6 Å². The summed E-state index contributed by atoms with van der Waals surface area (Å²) in [7, 11) is 0. The lowest BCUT2D eigenvalue weighted by atomic mass is 9.95. The number of rotatable bonds is 12. The molecule has 10 heteroatoms. The molecule has 0 fully saturated rings. The maximum Gasteiger partial charge on any atom is 0.296 e. The zero-order valence-corrected chi connectivity index (χ0v) is 26.0. The smallest absolute Gasteiger partial charge is 0.296 e. The van der Waals surface area contributed by atoms with E-state index in [1.807, 2.05) is 72.8 Å². The Morgan fingerprint density at radius 2 is 1.86 bits per heavy atom. The molecule has 0 bridgehead atoms. The molecule has 1 amide bonds. The van der Waals surface area contributed by atoms with Gasteiger partial charge in [0, 0.05) is 10.8 Å². The number of nitrogens with zero attached hydrogens (tertiary/aromatic N) is 3. The van der Waals surface area contributed by atoms with Gasteiger partial charge in [0.2, 0.25) is 5.13 Å². The van der Waals surface area contributed by atoms with Gasteiger partial charge < -0.3 is 9.84 Å². The molecule has 0 spiro atoms. The summed E-state index contributed by atoms with van der Waals surface area (Å²) in [6.45, 7) is 4.78. The van der Waals surface area contributed by atoms with E-state index in [0.29, 0.717) is 39.0 Å². The fourth-order valence-corrected chi connectivity index (χ4v) is 6.42. The van der Waals surface area contributed by atoms with E-state index < -0.39 is 23.5 Å². The first-order valence-corrected chi connectivity index (χ1v) is 16.0. The van der Waals surface area contributed by atoms with Crippen LogP contribution < -0.4 is 9.64 Å². The van der Waals surface area contributed by atoms with Gasteiger partial charge in [-0.15, -0.1) is 10.2 Å². The van der Waals surface area contributed by atoms with E-state index >= 15 is 0 Å². The minimum Gasteiger partial charge on any atom is -0.503 e. The van der Waals surface area contributed by atoms with Crippen molar-refractivity contribution >= 4 is 57.6 Å². The Kier molecular flexibility index (Phi) is 9.97. The van der Waals surface area contributed by atoms with Crippen LogP contribution in [-0.4, -0.2) is 33.6 Å². The summed E-state index contributed by atoms with van der Waals surface area (Å²) < 4.78 is 6.62. The molecular weight excluding hydrogens is 602 g/mol. The number of aliphatic hydroxyl groups is 1. The standard InChI is InChI=1S/C33H30ClN3O4S2/c1-21(2)17-18-41-26-10-6-9-24(19-26)29-28(27(38)16-13-22-7-4-3-5-8-22)30(39)31(40)37(29)32-35-36-33(43-32)42-20-23-11-14-25(34)15-12-23/h3-16,19,21,29,39H,17-18,20H2,1-2H3/b16-13+. The van der Waals surface area contributed by atoms with Crippen LogP contribution >= 0.6 is 34.7 Å². The number of anilines is 1. The third-order valence-corrected chi connectivity index (χ3v) is 9.09. The summed E-state index contributed by atoms with van der Waals surface area (Å²) in [6.07, 6.45) is 3.92. The van der Waals surface area contributed by atoms with Crippen molar-refractivity contribution in [3.05, 3.63) is 118 Å². The minimum atomic E-state index is -0.920. The highest BCUT2D eigenvalue weighted by atomic mass is 35.5. The Bertz CT molecular complexity index is 1650. The molecule has 0 aliphatic carbocycles. The summed E-state index contributed by atoms with van der Waals surface area (Å²) in [5, 5.41) is 20.6. The largest absolute Gasteiger partial charge is 0.503 e. The molecule has 1 aliphatic heterocycles. The third kappa shape index (κ3) is 7.54. The van der Waals surface area contributed by atoms with E-state index in [0.717, 1.165) is 17.5 Å². The zero-order chi connectivity index (χ0) is 30.3. The van der Waals surface area contributed by atoms with E-state index in [-0.39, 0.29) is 10.7 Å². The van der Waals surface area contributed by atoms with Gasteiger partial charge in [0.1, 0.15) is 5.75 Å². The van der Waals surface area contributed by atoms with Crippen LogP contribution in [0.3, 0.4) is 0 Å². The van der Waals surface area contributed by atoms with Crippen molar-refractivity contribution < 1.29 is 19.4 Å². The fourth-order valence-electron chi connectivity index (χ4n) is 4.47. The van der Waals surface area contributed by atoms with Crippen molar-refractivity contribution in [2.45, 2.75) is 36.4 Å². The summed E-state index contributed by atoms with van der Waals surface area (Å²) in [4.78, 5) is 28.5. The average molecular weight is 632 g/mol. The van der Waals surface area contributed by atoms with E-state index in [1.54, 1.807) is 12.1 Å². The van der Waals surface area contributed by atoms with Crippen LogP contribution in [-0.2, 0) is 15.3 Å². The lowest BCUT2D eigenvalue weighted by molar-refractivity contribution is -0.117. The number of aliphatic hydroxyl groups excluding tert-OH is 1. The second-order valence-corrected chi connectivity index (χ2v) is 12.9. The van der Waals surface area contributed by atoms with Crippen molar-refractivity contribution in [3.63, 3.8) is 0 Å². The van der Waals surface area contributed by atoms with Crippen LogP contribution in [0.15, 0.2) is 101 Å². The lowest BCUT2D eigenvalue weighted by Gasteiger charge is -2.24. The molecule has 2 heterocycles. The Balaban J connectivity index is 1.46. The normalized spacial score (nSPS) is 15.2. The Morgan fingerprint density at radius 3 is 2.60 bits per heavy atom. The van der Waals surface area contributed by atoms with Gasteiger partial charge in [-0.05, 0) is 59.4 Å². The molecule has 7 nitrogen and oxygen atoms in total. The van der Waals surface area contributed by atoms with Gasteiger partial charge in [-0.3, -0.25) is 14.5 Å². The molecule has 1 N–H and O–H groups in total. The highest BCUT2D eigenvalue weighted by molar-refractivity contribution is 8.00. The van der Waals surface area contributed by atoms with Crippen molar-refractivity contribution in [2.24, 2.45) is 5.92 Å². The number of carbonyl (C=O) groups is 2. The Morgan fingerprint density at radius 1 is 1.09 bits per heavy atom. The fraction of sp³-hybridized carbons (Fsp3) is 0.212. The number of aromatic nitrogens is 2. The molecule has 1 aromatic heterocycles. The molecule has 220 valence electrons. The number of thioether (sulfide) groups is 1. The van der Waals surface area contributed by atoms with Crippen molar-refractivity contribution in [1.29, 1.82) is 0 Å². The van der Waals surface area contributed by atoms with Crippen LogP contribution in [0.2, 0.25) is 5.02 Å². The number of benzene rings is 3. The zero-order valence-electron chi connectivity index (χ0n) is 23.6. The molecule has 43 heavy (non-hydrogen) atoms. The van der Waals surface area contributed by atoms with Gasteiger partial charge in [-0.2, -0.15) is 0 Å². The molecule has 1 atom stereocenters. The number of carbonyl (C=O) groups excluding carboxylic acids is 2. The van der Waals surface area contributed by atoms with Crippen LogP contribution in [0.1, 0.15) is 43.0 Å². The van der Waals surface area contributed by atoms with E-state index in [4.69, 9.17) is 16.3 Å². The number of halogens is 1. The Labute approximate surface area is 263 Å². The minimum absolute atomic E-state index is 0.0259. The number of hydrogen-bond acceptors (Lipinski definition) is 8. The van der Waals surface area contributed by atoms with Gasteiger partial charge in [0.25, 0.3) is 5.91 Å². The van der Waals surface area contributed by atoms with Gasteiger partial charge in [-0.25, -0.2) is 0 Å². The maximum atomic E-state index is 13.6. The molecule has 1 unspecified atom stereocenters. The second-order valence-electron chi connectivity index (χ2n) is 10.3. The Hall–Kier alpha value is -3.92. The second kappa shape index (κ2) is 14.0. The first kappa shape index (κ1) is 30.5. The van der Waals surface area contributed by atoms with Crippen LogP contribution in [0.25, 0.3) is 6.08 Å². The molecule has 5 rings (SSSR count). The maximum absolute atomic E-state index is 13.6. The summed E-state index contributed by atoms with van der Waals surface area (Å²) >= 11 is 8.70. The number of hydrogen-bond donors (Lipinski definition) is 1. The van der Waals surface area contributed by atoms with Crippen LogP contribution in [0, 0.1) is 5.92 Å². The SMILES string of the molecule is CC(C)CCOc1cccc(C2C(C(=O)/C=C/c3ccccc3)=C(O)C(=O)N2c2nnc(SCc3ccc(Cl)cc3)s2)c1. The first-order valence-electron chi connectivity index (χ1n) is 13.8. The van der Waals surface area contributed by atoms with Crippen LogP contribution in [0.5, 0.6) is 5.75 Å². The number of allylic oxidation sites excluding steroid dienone is 1. The van der Waals surface area contributed by atoms with Crippen molar-refractivity contribution in [3.8, 4) is 5.75 Å². The number of ether oxygens (including phenoxy) is 1. The van der Waals surface area contributed by atoms with Gasteiger partial charge in [0.05, 0.1) is 18.2 Å². The molecule has 0 radical (unpaired) electrons. The van der Waals surface area contributed by atoms with Crippen molar-refractivity contribution in [2.75, 3.05) is 11.5 Å². The molecular formula is C33H30ClN3O4S2. The first-order chi connectivity index (χ1) is 20.8. The lowest BCUT2D eigenvalue weighted by Crippen LogP contribution is -2.30. The highest BCUT2D eigenvalue weighted by Crippen LogP contribution is 2.44. The summed E-state index contributed by atoms with van der Waals surface area (Å²) in [5.41, 5.74) is 2.47. The highest BCUT2D eigenvalue weighted by Gasteiger charge is 2.45. The number of ketones is 1. The van der Waals surface area contributed by atoms with Crippen LogP contribution in [0.4, 0.5) is 5.13 Å². The van der Waals surface area contributed by atoms with Crippen molar-refractivity contribution in [1.82, 2.24) is 10.2 Å². The molecule has 0 saturated heterocycles. The predicted molar refractivity (Wildman–Crippen MR) is 173 cm³/mol. The van der Waals surface area contributed by atoms with E-state index in [2.05, 4.69) is 24.0 Å². The quantitative estimate of drug-likeness (QED) is 0.0959. The van der Waals surface area contributed by atoms with E-state index in [9.17, 15) is 14.7 Å². The van der Waals surface area contributed by atoms with Gasteiger partial charge >= 0.3 is 0 Å². The molecule has 1 aliphatic rings. The molecule has 3 aromatic carbocycles.